The Morgan fingerprint density at radius 1 is 1.11 bits per heavy atom. The van der Waals surface area contributed by atoms with Crippen molar-refractivity contribution in [3.05, 3.63) is 45.9 Å². The third-order valence-electron chi connectivity index (χ3n) is 3.81. The quantitative estimate of drug-likeness (QED) is 0.501. The van der Waals surface area contributed by atoms with Crippen molar-refractivity contribution in [1.82, 2.24) is 0 Å². The maximum absolute atomic E-state index is 12.6. The molecule has 0 fully saturated rings. The van der Waals surface area contributed by atoms with Gasteiger partial charge in [0.15, 0.2) is 17.3 Å². The van der Waals surface area contributed by atoms with Crippen molar-refractivity contribution in [3.63, 3.8) is 0 Å². The summed E-state index contributed by atoms with van der Waals surface area (Å²) in [7, 11) is 2.90. The summed E-state index contributed by atoms with van der Waals surface area (Å²) >= 11 is 12.2. The van der Waals surface area contributed by atoms with E-state index in [0.29, 0.717) is 16.5 Å². The van der Waals surface area contributed by atoms with Crippen LogP contribution in [0, 0.1) is 6.92 Å². The van der Waals surface area contributed by atoms with Gasteiger partial charge < -0.3 is 14.8 Å². The van der Waals surface area contributed by atoms with Crippen LogP contribution in [0.1, 0.15) is 12.5 Å². The van der Waals surface area contributed by atoms with E-state index in [2.05, 4.69) is 15.5 Å². The van der Waals surface area contributed by atoms with Crippen LogP contribution in [0.2, 0.25) is 10.0 Å². The first-order valence-electron chi connectivity index (χ1n) is 8.17. The number of carbonyl (C=O) groups excluding carboxylic acids is 2. The molecular formula is C19H19Cl2N3O4. The fourth-order valence-electron chi connectivity index (χ4n) is 2.32. The van der Waals surface area contributed by atoms with Crippen LogP contribution in [0.5, 0.6) is 11.5 Å². The average molecular weight is 424 g/mol. The van der Waals surface area contributed by atoms with Gasteiger partial charge in [0, 0.05) is 5.02 Å². The highest BCUT2D eigenvalue weighted by atomic mass is 35.5. The second-order valence-electron chi connectivity index (χ2n) is 5.81. The first-order chi connectivity index (χ1) is 13.3. The lowest BCUT2D eigenvalue weighted by Gasteiger charge is -2.14. The maximum Gasteiger partial charge on any atom is 0.258 e. The smallest absolute Gasteiger partial charge is 0.258 e. The van der Waals surface area contributed by atoms with Gasteiger partial charge in [-0.2, -0.15) is 10.2 Å². The fourth-order valence-corrected chi connectivity index (χ4v) is 2.72. The molecule has 9 heteroatoms. The molecule has 0 spiro atoms. The molecule has 7 nitrogen and oxygen atoms in total. The second-order valence-corrected chi connectivity index (χ2v) is 6.60. The van der Waals surface area contributed by atoms with Crippen LogP contribution in [0.25, 0.3) is 0 Å². The van der Waals surface area contributed by atoms with Gasteiger partial charge in [-0.05, 0) is 49.7 Å². The number of hydrogen-bond acceptors (Lipinski definition) is 6. The van der Waals surface area contributed by atoms with Gasteiger partial charge in [0.1, 0.15) is 5.02 Å². The first-order valence-corrected chi connectivity index (χ1v) is 8.92. The van der Waals surface area contributed by atoms with Crippen molar-refractivity contribution < 1.29 is 19.1 Å². The minimum Gasteiger partial charge on any atom is -0.493 e. The molecule has 1 atom stereocenters. The standard InChI is InChI=1S/C19H19Cl2N3O4/c1-10-9-12(5-6-13(10)20)23-24-17(11(2)25)19(26)22-14-7-8-15(27-3)18(28-4)16(14)21/h5-9,17H,1-4H3,(H,22,26). The van der Waals surface area contributed by atoms with E-state index in [1.54, 1.807) is 30.3 Å². The lowest BCUT2D eigenvalue weighted by atomic mass is 10.2. The molecule has 0 saturated heterocycles. The zero-order valence-electron chi connectivity index (χ0n) is 15.7. The summed E-state index contributed by atoms with van der Waals surface area (Å²) < 4.78 is 10.3. The largest absolute Gasteiger partial charge is 0.493 e. The van der Waals surface area contributed by atoms with Gasteiger partial charge in [-0.1, -0.05) is 23.2 Å². The maximum atomic E-state index is 12.6. The molecule has 0 aromatic heterocycles. The molecule has 28 heavy (non-hydrogen) atoms. The van der Waals surface area contributed by atoms with E-state index in [9.17, 15) is 9.59 Å². The van der Waals surface area contributed by atoms with Crippen LogP contribution in [0.3, 0.4) is 0 Å². The molecule has 0 radical (unpaired) electrons. The van der Waals surface area contributed by atoms with Crippen molar-refractivity contribution >= 4 is 46.3 Å². The Morgan fingerprint density at radius 2 is 1.82 bits per heavy atom. The van der Waals surface area contributed by atoms with Gasteiger partial charge >= 0.3 is 0 Å². The summed E-state index contributed by atoms with van der Waals surface area (Å²) in [5.41, 5.74) is 1.54. The lowest BCUT2D eigenvalue weighted by molar-refractivity contribution is -0.126. The average Bonchev–Trinajstić information content (AvgIpc) is 2.65. The minimum atomic E-state index is -1.33. The number of aryl methyl sites for hydroxylation is 1. The number of nitrogens with zero attached hydrogens (tertiary/aromatic N) is 2. The minimum absolute atomic E-state index is 0.141. The number of ketones is 1. The molecule has 0 heterocycles. The topological polar surface area (TPSA) is 89.4 Å². The van der Waals surface area contributed by atoms with E-state index in [4.69, 9.17) is 32.7 Å². The Labute approximate surface area is 172 Å². The van der Waals surface area contributed by atoms with E-state index in [1.165, 1.54) is 21.1 Å². The number of benzene rings is 2. The molecule has 0 aliphatic heterocycles. The van der Waals surface area contributed by atoms with E-state index in [-0.39, 0.29) is 16.5 Å². The van der Waals surface area contributed by atoms with Crippen LogP contribution >= 0.6 is 23.2 Å². The van der Waals surface area contributed by atoms with E-state index in [1.807, 2.05) is 6.92 Å². The first kappa shape index (κ1) is 21.7. The van der Waals surface area contributed by atoms with Crippen LogP contribution in [0.15, 0.2) is 40.6 Å². The Hall–Kier alpha value is -2.64. The van der Waals surface area contributed by atoms with Crippen LogP contribution in [-0.4, -0.2) is 32.0 Å². The Balaban J connectivity index is 2.25. The molecular weight excluding hydrogens is 405 g/mol. The summed E-state index contributed by atoms with van der Waals surface area (Å²) in [6.45, 7) is 3.07. The number of hydrogen-bond donors (Lipinski definition) is 1. The Bertz CT molecular complexity index is 932. The highest BCUT2D eigenvalue weighted by Gasteiger charge is 2.25. The number of azo groups is 1. The summed E-state index contributed by atoms with van der Waals surface area (Å²) in [6.07, 6.45) is 0. The summed E-state index contributed by atoms with van der Waals surface area (Å²) in [5.74, 6) is -0.467. The third kappa shape index (κ3) is 4.99. The molecule has 0 aliphatic carbocycles. The molecule has 0 bridgehead atoms. The number of Topliss-reactive ketones (excluding diaryl/α,β-unsaturated/α-hetero) is 1. The molecule has 0 saturated carbocycles. The number of rotatable bonds is 7. The third-order valence-corrected chi connectivity index (χ3v) is 4.61. The molecule has 1 amide bonds. The molecule has 2 aromatic carbocycles. The van der Waals surface area contributed by atoms with Crippen LogP contribution < -0.4 is 14.8 Å². The van der Waals surface area contributed by atoms with Crippen molar-refractivity contribution in [2.24, 2.45) is 10.2 Å². The van der Waals surface area contributed by atoms with Crippen molar-refractivity contribution in [2.45, 2.75) is 19.9 Å². The van der Waals surface area contributed by atoms with E-state index < -0.39 is 17.7 Å². The van der Waals surface area contributed by atoms with Gasteiger partial charge in [0.25, 0.3) is 5.91 Å². The highest BCUT2D eigenvalue weighted by Crippen LogP contribution is 2.40. The lowest BCUT2D eigenvalue weighted by Crippen LogP contribution is -2.31. The predicted octanol–water partition coefficient (Wildman–Crippen LogP) is 5.00. The van der Waals surface area contributed by atoms with Gasteiger partial charge in [-0.25, -0.2) is 0 Å². The predicted molar refractivity (Wildman–Crippen MR) is 108 cm³/mol. The molecule has 148 valence electrons. The molecule has 0 aliphatic rings. The van der Waals surface area contributed by atoms with Crippen molar-refractivity contribution in [2.75, 3.05) is 19.5 Å². The van der Waals surface area contributed by atoms with Crippen LogP contribution in [-0.2, 0) is 9.59 Å². The number of ether oxygens (including phenoxy) is 2. The highest BCUT2D eigenvalue weighted by molar-refractivity contribution is 6.35. The Morgan fingerprint density at radius 3 is 2.39 bits per heavy atom. The van der Waals surface area contributed by atoms with E-state index >= 15 is 0 Å². The van der Waals surface area contributed by atoms with Gasteiger partial charge in [0.05, 0.1) is 25.6 Å². The molecule has 1 unspecified atom stereocenters. The summed E-state index contributed by atoms with van der Waals surface area (Å²) in [5, 5.41) is 11.2. The Kier molecular flexibility index (Phi) is 7.37. The van der Waals surface area contributed by atoms with Crippen LogP contribution in [0.4, 0.5) is 11.4 Å². The normalized spacial score (nSPS) is 11.9. The number of anilines is 1. The zero-order valence-corrected chi connectivity index (χ0v) is 17.3. The number of carbonyl (C=O) groups is 2. The number of halogens is 2. The van der Waals surface area contributed by atoms with Gasteiger partial charge in [-0.3, -0.25) is 9.59 Å². The summed E-state index contributed by atoms with van der Waals surface area (Å²) in [6, 6.07) is 6.79. The second kappa shape index (κ2) is 9.52. The molecule has 2 aromatic rings. The van der Waals surface area contributed by atoms with Gasteiger partial charge in [-0.15, -0.1) is 0 Å². The molecule has 2 rings (SSSR count). The van der Waals surface area contributed by atoms with Crippen molar-refractivity contribution in [3.8, 4) is 11.5 Å². The number of amides is 1. The summed E-state index contributed by atoms with van der Waals surface area (Å²) in [4.78, 5) is 24.5. The zero-order chi connectivity index (χ0) is 20.8. The van der Waals surface area contributed by atoms with E-state index in [0.717, 1.165) is 5.56 Å². The monoisotopic (exact) mass is 423 g/mol. The molecule has 1 N–H and O–H groups in total. The fraction of sp³-hybridized carbons (Fsp3) is 0.263. The number of methoxy groups -OCH3 is 2. The number of nitrogens with one attached hydrogen (secondary N) is 1. The van der Waals surface area contributed by atoms with Crippen molar-refractivity contribution in [1.29, 1.82) is 0 Å². The SMILES string of the molecule is COc1ccc(NC(=O)C(N=Nc2ccc(Cl)c(C)c2)C(C)=O)c(Cl)c1OC. The van der Waals surface area contributed by atoms with Gasteiger partial charge in [0.2, 0.25) is 6.04 Å².